The molecule has 42 heavy (non-hydrogen) atoms. The molecule has 222 valence electrons. The summed E-state index contributed by atoms with van der Waals surface area (Å²) in [6, 6.07) is 10.7. The first-order chi connectivity index (χ1) is 20.6. The molecule has 3 aromatic rings. The number of hydrogen-bond donors (Lipinski definition) is 2. The van der Waals surface area contributed by atoms with Gasteiger partial charge in [0.1, 0.15) is 11.5 Å². The molecule has 0 unspecified atom stereocenters. The zero-order valence-corrected chi connectivity index (χ0v) is 24.9. The molecule has 6 heterocycles. The number of carbonyl (C=O) groups is 1. The van der Waals surface area contributed by atoms with Crippen molar-refractivity contribution in [3.05, 3.63) is 58.7 Å². The smallest absolute Gasteiger partial charge is 0.272 e. The van der Waals surface area contributed by atoms with Crippen molar-refractivity contribution in [3.8, 4) is 0 Å². The van der Waals surface area contributed by atoms with E-state index < -0.39 is 6.10 Å². The molecule has 3 fully saturated rings. The number of aliphatic hydroxyl groups excluding tert-OH is 1. The lowest BCUT2D eigenvalue weighted by atomic mass is 9.94. The number of benzene rings is 1. The monoisotopic (exact) mass is 588 g/mol. The van der Waals surface area contributed by atoms with Crippen LogP contribution in [0.15, 0.2) is 41.9 Å². The van der Waals surface area contributed by atoms with Gasteiger partial charge in [-0.2, -0.15) is 4.98 Å². The molecule has 4 aliphatic heterocycles. The lowest BCUT2D eigenvalue weighted by Gasteiger charge is -2.43. The number of carbonyl (C=O) groups excluding carboxylic acids is 1. The van der Waals surface area contributed by atoms with Crippen LogP contribution < -0.4 is 15.1 Å². The fourth-order valence-corrected chi connectivity index (χ4v) is 7.66. The molecule has 1 amide bonds. The summed E-state index contributed by atoms with van der Waals surface area (Å²) in [4.78, 5) is 36.6. The van der Waals surface area contributed by atoms with Gasteiger partial charge in [-0.15, -0.1) is 11.3 Å². The zero-order valence-electron chi connectivity index (χ0n) is 24.1. The number of aromatic nitrogens is 3. The molecule has 0 aliphatic carbocycles. The number of amides is 1. The number of anilines is 3. The Labute approximate surface area is 251 Å². The maximum absolute atomic E-state index is 13.8. The number of nitrogens with zero attached hydrogens (tertiary/aromatic N) is 7. The Morgan fingerprint density at radius 3 is 2.52 bits per heavy atom. The highest BCUT2D eigenvalue weighted by atomic mass is 32.1. The molecule has 2 aromatic heterocycles. The summed E-state index contributed by atoms with van der Waals surface area (Å²) in [5.74, 6) is 1.22. The molecule has 2 atom stereocenters. The summed E-state index contributed by atoms with van der Waals surface area (Å²) < 4.78 is 0. The predicted octanol–water partition coefficient (Wildman–Crippen LogP) is 3.25. The first-order valence-electron chi connectivity index (χ1n) is 15.4. The van der Waals surface area contributed by atoms with Gasteiger partial charge in [0.15, 0.2) is 5.13 Å². The first-order valence-corrected chi connectivity index (χ1v) is 16.3. The van der Waals surface area contributed by atoms with E-state index in [9.17, 15) is 9.90 Å². The fourth-order valence-electron chi connectivity index (χ4n) is 6.97. The average molecular weight is 589 g/mol. The number of aliphatic hydroxyl groups is 1. The van der Waals surface area contributed by atoms with Crippen molar-refractivity contribution in [2.24, 2.45) is 0 Å². The van der Waals surface area contributed by atoms with Crippen LogP contribution in [0.5, 0.6) is 0 Å². The van der Waals surface area contributed by atoms with E-state index in [1.165, 1.54) is 11.1 Å². The standard InChI is InChI=1S/C31H40N8O2S/c40-27-21-39(17-10-26(27)38-14-7-22-5-1-2-6-23(22)20-38)29(41)25-19-28(35-30(34-25)36-12-3-4-13-36)33-24-8-15-37(16-9-24)31-32-11-18-42-31/h1-2,5-6,11,18-19,24,26-27,40H,3-4,7-10,12-17,20-21H2,(H,33,34,35)/t26-,27-/m1/s1. The lowest BCUT2D eigenvalue weighted by Crippen LogP contribution is -2.56. The van der Waals surface area contributed by atoms with E-state index in [0.717, 1.165) is 82.9 Å². The van der Waals surface area contributed by atoms with Gasteiger partial charge in [-0.05, 0) is 49.7 Å². The first kappa shape index (κ1) is 27.5. The van der Waals surface area contributed by atoms with E-state index in [4.69, 9.17) is 9.97 Å². The van der Waals surface area contributed by atoms with Crippen LogP contribution in [0.2, 0.25) is 0 Å². The summed E-state index contributed by atoms with van der Waals surface area (Å²) >= 11 is 1.68. The molecular weight excluding hydrogens is 548 g/mol. The SMILES string of the molecule is O=C(c1cc(NC2CCN(c3nccs3)CC2)nc(N2CCCC2)n1)N1CC[C@@H](N2CCc3ccccc3C2)[C@H](O)C1. The second-order valence-corrected chi connectivity index (χ2v) is 12.9. The van der Waals surface area contributed by atoms with Crippen LogP contribution in [0.1, 0.15) is 53.7 Å². The maximum atomic E-state index is 13.8. The molecule has 0 radical (unpaired) electrons. The van der Waals surface area contributed by atoms with E-state index in [1.807, 2.05) is 17.6 Å². The molecule has 10 nitrogen and oxygen atoms in total. The van der Waals surface area contributed by atoms with Crippen molar-refractivity contribution in [2.75, 3.05) is 60.9 Å². The van der Waals surface area contributed by atoms with Crippen molar-refractivity contribution >= 4 is 34.1 Å². The maximum Gasteiger partial charge on any atom is 0.272 e. The fraction of sp³-hybridized carbons (Fsp3) is 0.548. The third-order valence-electron chi connectivity index (χ3n) is 9.32. The van der Waals surface area contributed by atoms with Gasteiger partial charge >= 0.3 is 0 Å². The van der Waals surface area contributed by atoms with E-state index in [1.54, 1.807) is 16.2 Å². The van der Waals surface area contributed by atoms with Crippen molar-refractivity contribution < 1.29 is 9.90 Å². The Kier molecular flexibility index (Phi) is 7.96. The van der Waals surface area contributed by atoms with Gasteiger partial charge in [0.05, 0.1) is 6.10 Å². The number of rotatable bonds is 6. The van der Waals surface area contributed by atoms with Crippen LogP contribution in [-0.4, -0.2) is 99.8 Å². The minimum Gasteiger partial charge on any atom is -0.390 e. The van der Waals surface area contributed by atoms with Gasteiger partial charge < -0.3 is 25.1 Å². The third kappa shape index (κ3) is 5.82. The highest BCUT2D eigenvalue weighted by Gasteiger charge is 2.36. The number of thiazole rings is 1. The lowest BCUT2D eigenvalue weighted by molar-refractivity contribution is -0.0139. The van der Waals surface area contributed by atoms with Gasteiger partial charge in [-0.1, -0.05) is 24.3 Å². The van der Waals surface area contributed by atoms with Crippen LogP contribution in [0.4, 0.5) is 16.9 Å². The summed E-state index contributed by atoms with van der Waals surface area (Å²) in [6.45, 7) is 6.43. The Hall–Kier alpha value is -3.28. The Balaban J connectivity index is 1.03. The van der Waals surface area contributed by atoms with Crippen LogP contribution in [0, 0.1) is 0 Å². The van der Waals surface area contributed by atoms with E-state index in [-0.39, 0.29) is 18.0 Å². The highest BCUT2D eigenvalue weighted by Crippen LogP contribution is 2.28. The van der Waals surface area contributed by atoms with E-state index >= 15 is 0 Å². The summed E-state index contributed by atoms with van der Waals surface area (Å²) in [5, 5.41) is 18.0. The van der Waals surface area contributed by atoms with Gasteiger partial charge in [0.2, 0.25) is 5.95 Å². The van der Waals surface area contributed by atoms with Gasteiger partial charge in [-0.3, -0.25) is 9.69 Å². The highest BCUT2D eigenvalue weighted by molar-refractivity contribution is 7.13. The molecule has 0 bridgehead atoms. The number of piperidine rings is 2. The van der Waals surface area contributed by atoms with Crippen molar-refractivity contribution in [1.82, 2.24) is 24.8 Å². The quantitative estimate of drug-likeness (QED) is 0.450. The number of hydrogen-bond acceptors (Lipinski definition) is 10. The minimum absolute atomic E-state index is 0.0560. The third-order valence-corrected chi connectivity index (χ3v) is 10.2. The van der Waals surface area contributed by atoms with E-state index in [0.29, 0.717) is 30.5 Å². The summed E-state index contributed by atoms with van der Waals surface area (Å²) in [6.07, 6.45) is 7.20. The van der Waals surface area contributed by atoms with Crippen molar-refractivity contribution in [2.45, 2.75) is 63.3 Å². The Morgan fingerprint density at radius 2 is 1.76 bits per heavy atom. The molecule has 0 spiro atoms. The van der Waals surface area contributed by atoms with Gasteiger partial charge in [-0.25, -0.2) is 9.97 Å². The molecule has 4 aliphatic rings. The number of nitrogens with one attached hydrogen (secondary N) is 1. The molecule has 0 saturated carbocycles. The largest absolute Gasteiger partial charge is 0.390 e. The van der Waals surface area contributed by atoms with Crippen LogP contribution in [0.3, 0.4) is 0 Å². The normalized spacial score (nSPS) is 23.7. The molecular formula is C31H40N8O2S. The topological polar surface area (TPSA) is 101 Å². The number of fused-ring (bicyclic) bond motifs is 1. The number of likely N-dealkylation sites (tertiary alicyclic amines) is 1. The second-order valence-electron chi connectivity index (χ2n) is 12.0. The summed E-state index contributed by atoms with van der Waals surface area (Å²) in [5.41, 5.74) is 3.16. The molecule has 11 heteroatoms. The number of β-amino-alcohol motifs (C(OH)–C–C–N with tert-alkyl or cyclic N) is 1. The van der Waals surface area contributed by atoms with E-state index in [2.05, 4.69) is 49.3 Å². The van der Waals surface area contributed by atoms with Crippen LogP contribution in [0.25, 0.3) is 0 Å². The van der Waals surface area contributed by atoms with Gasteiger partial charge in [0.25, 0.3) is 5.91 Å². The van der Waals surface area contributed by atoms with Crippen LogP contribution >= 0.6 is 11.3 Å². The molecule has 2 N–H and O–H groups in total. The Bertz CT molecular complexity index is 1370. The second kappa shape index (κ2) is 12.1. The van der Waals surface area contributed by atoms with Crippen molar-refractivity contribution in [3.63, 3.8) is 0 Å². The molecule has 7 rings (SSSR count). The summed E-state index contributed by atoms with van der Waals surface area (Å²) in [7, 11) is 0. The molecule has 1 aromatic carbocycles. The average Bonchev–Trinajstić information content (AvgIpc) is 3.76. The minimum atomic E-state index is -0.589. The zero-order chi connectivity index (χ0) is 28.5. The van der Waals surface area contributed by atoms with Crippen LogP contribution in [-0.2, 0) is 13.0 Å². The van der Waals surface area contributed by atoms with Crippen molar-refractivity contribution in [1.29, 1.82) is 0 Å². The Morgan fingerprint density at radius 1 is 0.952 bits per heavy atom. The molecule has 3 saturated heterocycles. The predicted molar refractivity (Wildman–Crippen MR) is 165 cm³/mol. The van der Waals surface area contributed by atoms with Gasteiger partial charge in [0, 0.05) is 82.1 Å².